The Labute approximate surface area is 76.7 Å². The van der Waals surface area contributed by atoms with Gasteiger partial charge in [0.25, 0.3) is 0 Å². The van der Waals surface area contributed by atoms with Gasteiger partial charge in [-0.1, -0.05) is 20.3 Å². The van der Waals surface area contributed by atoms with Crippen molar-refractivity contribution >= 4 is 0 Å². The third kappa shape index (κ3) is 6.83. The average molecular weight is 198 g/mol. The molecule has 0 saturated carbocycles. The SMILES string of the molecule is CCC(C)CC(CC(F)(F)F)NN. The van der Waals surface area contributed by atoms with Gasteiger partial charge in [0, 0.05) is 6.04 Å². The zero-order valence-electron chi connectivity index (χ0n) is 7.99. The molecule has 80 valence electrons. The van der Waals surface area contributed by atoms with Crippen LogP contribution >= 0.6 is 0 Å². The molecular weight excluding hydrogens is 181 g/mol. The lowest BCUT2D eigenvalue weighted by molar-refractivity contribution is -0.140. The van der Waals surface area contributed by atoms with E-state index in [1.165, 1.54) is 0 Å². The van der Waals surface area contributed by atoms with Crippen LogP contribution in [0.5, 0.6) is 0 Å². The second-order valence-electron chi connectivity index (χ2n) is 3.43. The molecule has 0 rings (SSSR count). The van der Waals surface area contributed by atoms with Gasteiger partial charge in [-0.3, -0.25) is 11.3 Å². The quantitative estimate of drug-likeness (QED) is 0.525. The van der Waals surface area contributed by atoms with Gasteiger partial charge in [0.15, 0.2) is 0 Å². The van der Waals surface area contributed by atoms with Gasteiger partial charge in [-0.15, -0.1) is 0 Å². The molecule has 0 radical (unpaired) electrons. The van der Waals surface area contributed by atoms with E-state index >= 15 is 0 Å². The first-order chi connectivity index (χ1) is 5.89. The molecule has 0 bridgehead atoms. The number of rotatable bonds is 5. The summed E-state index contributed by atoms with van der Waals surface area (Å²) in [5, 5.41) is 0. The first kappa shape index (κ1) is 12.7. The molecule has 0 amide bonds. The van der Waals surface area contributed by atoms with Crippen LogP contribution in [0.25, 0.3) is 0 Å². The fourth-order valence-electron chi connectivity index (χ4n) is 1.14. The van der Waals surface area contributed by atoms with Gasteiger partial charge in [0.05, 0.1) is 6.42 Å². The van der Waals surface area contributed by atoms with E-state index in [1.54, 1.807) is 0 Å². The van der Waals surface area contributed by atoms with Crippen molar-refractivity contribution in [3.8, 4) is 0 Å². The molecule has 2 atom stereocenters. The van der Waals surface area contributed by atoms with E-state index in [0.717, 1.165) is 6.42 Å². The molecule has 0 saturated heterocycles. The van der Waals surface area contributed by atoms with E-state index in [9.17, 15) is 13.2 Å². The average Bonchev–Trinajstić information content (AvgIpc) is 2.00. The smallest absolute Gasteiger partial charge is 0.271 e. The zero-order chi connectivity index (χ0) is 10.5. The summed E-state index contributed by atoms with van der Waals surface area (Å²) in [5.41, 5.74) is 2.20. The highest BCUT2D eigenvalue weighted by Gasteiger charge is 2.31. The molecule has 13 heavy (non-hydrogen) atoms. The minimum Gasteiger partial charge on any atom is -0.271 e. The summed E-state index contributed by atoms with van der Waals surface area (Å²) in [6.07, 6.45) is -3.65. The van der Waals surface area contributed by atoms with Crippen molar-refractivity contribution in [2.24, 2.45) is 11.8 Å². The second kappa shape index (κ2) is 5.44. The van der Waals surface area contributed by atoms with Crippen LogP contribution in [0.3, 0.4) is 0 Å². The third-order valence-corrected chi connectivity index (χ3v) is 2.10. The van der Waals surface area contributed by atoms with E-state index in [2.05, 4.69) is 5.43 Å². The van der Waals surface area contributed by atoms with E-state index < -0.39 is 18.6 Å². The third-order valence-electron chi connectivity index (χ3n) is 2.10. The van der Waals surface area contributed by atoms with E-state index in [-0.39, 0.29) is 5.92 Å². The Hall–Kier alpha value is -0.290. The van der Waals surface area contributed by atoms with Crippen molar-refractivity contribution in [1.29, 1.82) is 0 Å². The van der Waals surface area contributed by atoms with Crippen LogP contribution in [-0.4, -0.2) is 12.2 Å². The van der Waals surface area contributed by atoms with Crippen LogP contribution in [-0.2, 0) is 0 Å². The minimum atomic E-state index is -4.13. The fraction of sp³-hybridized carbons (Fsp3) is 1.00. The molecule has 0 aromatic carbocycles. The van der Waals surface area contributed by atoms with Crippen molar-refractivity contribution in [1.82, 2.24) is 5.43 Å². The van der Waals surface area contributed by atoms with Crippen LogP contribution in [0, 0.1) is 5.92 Å². The first-order valence-electron chi connectivity index (χ1n) is 4.42. The summed E-state index contributed by atoms with van der Waals surface area (Å²) in [6, 6.07) is -0.657. The summed E-state index contributed by atoms with van der Waals surface area (Å²) in [4.78, 5) is 0. The maximum absolute atomic E-state index is 12.0. The van der Waals surface area contributed by atoms with E-state index in [1.807, 2.05) is 13.8 Å². The molecule has 2 unspecified atom stereocenters. The van der Waals surface area contributed by atoms with Gasteiger partial charge in [-0.05, 0) is 12.3 Å². The zero-order valence-corrected chi connectivity index (χ0v) is 7.99. The Morgan fingerprint density at radius 1 is 1.38 bits per heavy atom. The highest BCUT2D eigenvalue weighted by atomic mass is 19.4. The van der Waals surface area contributed by atoms with Gasteiger partial charge in [0.1, 0.15) is 0 Å². The molecule has 0 aromatic rings. The predicted molar refractivity (Wildman–Crippen MR) is 45.9 cm³/mol. The summed E-state index contributed by atoms with van der Waals surface area (Å²) in [6.45, 7) is 3.87. The normalized spacial score (nSPS) is 17.1. The Kier molecular flexibility index (Phi) is 5.32. The van der Waals surface area contributed by atoms with Crippen LogP contribution in [0.1, 0.15) is 33.1 Å². The van der Waals surface area contributed by atoms with Crippen molar-refractivity contribution in [2.45, 2.75) is 45.3 Å². The number of nitrogens with two attached hydrogens (primary N) is 1. The van der Waals surface area contributed by atoms with Crippen molar-refractivity contribution in [2.75, 3.05) is 0 Å². The Morgan fingerprint density at radius 2 is 1.92 bits per heavy atom. The first-order valence-corrected chi connectivity index (χ1v) is 4.42. The fourth-order valence-corrected chi connectivity index (χ4v) is 1.14. The van der Waals surface area contributed by atoms with Crippen molar-refractivity contribution in [3.63, 3.8) is 0 Å². The van der Waals surface area contributed by atoms with Gasteiger partial charge in [0.2, 0.25) is 0 Å². The molecular formula is C8H17F3N2. The minimum absolute atomic E-state index is 0.267. The summed E-state index contributed by atoms with van der Waals surface area (Å²) in [5.74, 6) is 5.30. The molecule has 2 nitrogen and oxygen atoms in total. The Bertz CT molecular complexity index is 136. The number of hydrogen-bond acceptors (Lipinski definition) is 2. The topological polar surface area (TPSA) is 38.0 Å². The summed E-state index contributed by atoms with van der Waals surface area (Å²) >= 11 is 0. The van der Waals surface area contributed by atoms with Crippen molar-refractivity contribution < 1.29 is 13.2 Å². The van der Waals surface area contributed by atoms with Crippen molar-refractivity contribution in [3.05, 3.63) is 0 Å². The lowest BCUT2D eigenvalue weighted by atomic mass is 9.98. The number of alkyl halides is 3. The van der Waals surface area contributed by atoms with E-state index in [4.69, 9.17) is 5.84 Å². The van der Waals surface area contributed by atoms with Gasteiger partial charge in [-0.25, -0.2) is 0 Å². The summed E-state index contributed by atoms with van der Waals surface area (Å²) < 4.78 is 35.9. The molecule has 0 aromatic heterocycles. The number of hydrazine groups is 1. The lowest BCUT2D eigenvalue weighted by Gasteiger charge is -2.20. The highest BCUT2D eigenvalue weighted by Crippen LogP contribution is 2.24. The number of hydrogen-bond donors (Lipinski definition) is 2. The predicted octanol–water partition coefficient (Wildman–Crippen LogP) is 2.21. The number of nitrogens with one attached hydrogen (secondary N) is 1. The molecule has 5 heteroatoms. The summed E-state index contributed by atoms with van der Waals surface area (Å²) in [7, 11) is 0. The lowest BCUT2D eigenvalue weighted by Crippen LogP contribution is -2.39. The maximum atomic E-state index is 12.0. The van der Waals surface area contributed by atoms with E-state index in [0.29, 0.717) is 6.42 Å². The second-order valence-corrected chi connectivity index (χ2v) is 3.43. The van der Waals surface area contributed by atoms with Crippen LogP contribution < -0.4 is 11.3 Å². The Balaban J connectivity index is 3.89. The Morgan fingerprint density at radius 3 is 2.23 bits per heavy atom. The maximum Gasteiger partial charge on any atom is 0.390 e. The van der Waals surface area contributed by atoms with Gasteiger partial charge >= 0.3 is 6.18 Å². The van der Waals surface area contributed by atoms with Gasteiger partial charge in [-0.2, -0.15) is 13.2 Å². The van der Waals surface area contributed by atoms with Crippen LogP contribution in [0.2, 0.25) is 0 Å². The van der Waals surface area contributed by atoms with Crippen LogP contribution in [0.4, 0.5) is 13.2 Å². The highest BCUT2D eigenvalue weighted by molar-refractivity contribution is 4.70. The van der Waals surface area contributed by atoms with Crippen LogP contribution in [0.15, 0.2) is 0 Å². The largest absolute Gasteiger partial charge is 0.390 e. The molecule has 0 aliphatic rings. The molecule has 0 spiro atoms. The number of halogens is 3. The molecule has 0 aliphatic heterocycles. The molecule has 0 heterocycles. The van der Waals surface area contributed by atoms with Gasteiger partial charge < -0.3 is 0 Å². The molecule has 0 fully saturated rings. The standard InChI is InChI=1S/C8H17F3N2/c1-3-6(2)4-7(13-12)5-8(9,10)11/h6-7,13H,3-5,12H2,1-2H3. The monoisotopic (exact) mass is 198 g/mol. The molecule has 0 aliphatic carbocycles. The molecule has 3 N–H and O–H groups in total.